The van der Waals surface area contributed by atoms with Crippen LogP contribution in [0.2, 0.25) is 0 Å². The Hall–Kier alpha value is -0.520. The summed E-state index contributed by atoms with van der Waals surface area (Å²) in [5.41, 5.74) is 1.71. The minimum absolute atomic E-state index is 0.0409. The third-order valence-electron chi connectivity index (χ3n) is 2.29. The molecule has 0 aromatic heterocycles. The fourth-order valence-electron chi connectivity index (χ4n) is 1.56. The van der Waals surface area contributed by atoms with E-state index >= 15 is 0 Å². The Balaban J connectivity index is 3.00. The molecule has 5 heteroatoms. The Morgan fingerprint density at radius 3 is 2.62 bits per heavy atom. The Morgan fingerprint density at radius 2 is 2.06 bits per heavy atom. The second-order valence-electron chi connectivity index (χ2n) is 3.68. The lowest BCUT2D eigenvalue weighted by atomic mass is 10.1. The zero-order valence-corrected chi connectivity index (χ0v) is 11.1. The molecule has 90 valence electrons. The van der Waals surface area contributed by atoms with Crippen LogP contribution in [0, 0.1) is 6.92 Å². The van der Waals surface area contributed by atoms with Crippen LogP contribution in [0.3, 0.4) is 0 Å². The molecule has 0 radical (unpaired) electrons. The average molecular weight is 260 g/mol. The molecule has 0 spiro atoms. The quantitative estimate of drug-likeness (QED) is 0.653. The number of benzene rings is 1. The molecule has 16 heavy (non-hydrogen) atoms. The molecule has 0 atom stereocenters. The van der Waals surface area contributed by atoms with Gasteiger partial charge >= 0.3 is 0 Å². The molecule has 1 aromatic rings. The molecule has 0 unspecified atom stereocenters. The molecule has 0 aliphatic rings. The van der Waals surface area contributed by atoms with Crippen LogP contribution in [0.25, 0.3) is 0 Å². The third kappa shape index (κ3) is 3.81. The largest absolute Gasteiger partial charge is 0.294 e. The lowest BCUT2D eigenvalue weighted by molar-refractivity contribution is 0.482. The van der Waals surface area contributed by atoms with Crippen LogP contribution < -0.4 is 0 Å². The summed E-state index contributed by atoms with van der Waals surface area (Å²) in [5.74, 6) is 0.985. The number of hydrogen-bond acceptors (Lipinski definition) is 3. The molecular formula is C11H16O3S2. The van der Waals surface area contributed by atoms with Crippen LogP contribution in [-0.4, -0.2) is 25.0 Å². The van der Waals surface area contributed by atoms with Crippen molar-refractivity contribution in [1.29, 1.82) is 0 Å². The second kappa shape index (κ2) is 5.70. The highest BCUT2D eigenvalue weighted by atomic mass is 32.2. The minimum Gasteiger partial charge on any atom is -0.282 e. The van der Waals surface area contributed by atoms with Gasteiger partial charge in [-0.25, -0.2) is 0 Å². The van der Waals surface area contributed by atoms with Gasteiger partial charge in [0.15, 0.2) is 0 Å². The predicted molar refractivity (Wildman–Crippen MR) is 67.7 cm³/mol. The first-order valence-corrected chi connectivity index (χ1v) is 7.84. The molecule has 0 bridgehead atoms. The van der Waals surface area contributed by atoms with Gasteiger partial charge in [-0.1, -0.05) is 17.7 Å². The number of rotatable bonds is 5. The van der Waals surface area contributed by atoms with Gasteiger partial charge in [-0.2, -0.15) is 20.2 Å². The van der Waals surface area contributed by atoms with Crippen LogP contribution >= 0.6 is 11.8 Å². The van der Waals surface area contributed by atoms with Gasteiger partial charge in [-0.15, -0.1) is 0 Å². The molecule has 3 nitrogen and oxygen atoms in total. The standard InChI is InChI=1S/C11H16O3S2/c1-9-5-6-11(16(12,13)14)10(8-9)4-3-7-15-2/h5-6,8H,3-4,7H2,1-2H3,(H,12,13,14). The lowest BCUT2D eigenvalue weighted by Crippen LogP contribution is -2.04. The van der Waals surface area contributed by atoms with Gasteiger partial charge in [0, 0.05) is 0 Å². The van der Waals surface area contributed by atoms with E-state index in [-0.39, 0.29) is 4.90 Å². The first-order valence-electron chi connectivity index (χ1n) is 5.01. The number of hydrogen-bond donors (Lipinski definition) is 1. The summed E-state index contributed by atoms with van der Waals surface area (Å²) in [6.45, 7) is 1.91. The van der Waals surface area contributed by atoms with E-state index < -0.39 is 10.1 Å². The molecule has 0 saturated heterocycles. The van der Waals surface area contributed by atoms with Crippen molar-refractivity contribution in [2.45, 2.75) is 24.7 Å². The average Bonchev–Trinajstić information content (AvgIpc) is 2.16. The van der Waals surface area contributed by atoms with Crippen LogP contribution in [0.15, 0.2) is 23.1 Å². The smallest absolute Gasteiger partial charge is 0.282 e. The first kappa shape index (κ1) is 13.5. The maximum atomic E-state index is 11.1. The van der Waals surface area contributed by atoms with Crippen molar-refractivity contribution < 1.29 is 13.0 Å². The monoisotopic (exact) mass is 260 g/mol. The van der Waals surface area contributed by atoms with Crippen molar-refractivity contribution in [3.05, 3.63) is 29.3 Å². The Bertz CT molecular complexity index is 452. The zero-order chi connectivity index (χ0) is 12.2. The highest BCUT2D eigenvalue weighted by Crippen LogP contribution is 2.19. The summed E-state index contributed by atoms with van der Waals surface area (Å²) >= 11 is 1.73. The Kier molecular flexibility index (Phi) is 4.83. The van der Waals surface area contributed by atoms with Crippen molar-refractivity contribution in [2.24, 2.45) is 0 Å². The van der Waals surface area contributed by atoms with Gasteiger partial charge < -0.3 is 0 Å². The zero-order valence-electron chi connectivity index (χ0n) is 9.43. The lowest BCUT2D eigenvalue weighted by Gasteiger charge is -2.07. The van der Waals surface area contributed by atoms with Gasteiger partial charge in [0.2, 0.25) is 0 Å². The summed E-state index contributed by atoms with van der Waals surface area (Å²) in [6.07, 6.45) is 3.60. The van der Waals surface area contributed by atoms with E-state index in [9.17, 15) is 8.42 Å². The fourth-order valence-corrected chi connectivity index (χ4v) is 2.73. The van der Waals surface area contributed by atoms with Crippen molar-refractivity contribution in [3.63, 3.8) is 0 Å². The summed E-state index contributed by atoms with van der Waals surface area (Å²) in [5, 5.41) is 0. The van der Waals surface area contributed by atoms with Crippen LogP contribution in [0.1, 0.15) is 17.5 Å². The van der Waals surface area contributed by atoms with E-state index in [0.717, 1.165) is 17.7 Å². The molecular weight excluding hydrogens is 244 g/mol. The highest BCUT2D eigenvalue weighted by Gasteiger charge is 2.14. The van der Waals surface area contributed by atoms with E-state index in [1.54, 1.807) is 17.8 Å². The Morgan fingerprint density at radius 1 is 1.38 bits per heavy atom. The van der Waals surface area contributed by atoms with Gasteiger partial charge in [-0.3, -0.25) is 4.55 Å². The summed E-state index contributed by atoms with van der Waals surface area (Å²) < 4.78 is 31.4. The third-order valence-corrected chi connectivity index (χ3v) is 3.94. The maximum absolute atomic E-state index is 11.1. The van der Waals surface area contributed by atoms with Crippen LogP contribution in [-0.2, 0) is 16.5 Å². The SMILES string of the molecule is CSCCCc1cc(C)ccc1S(=O)(=O)O. The van der Waals surface area contributed by atoms with Crippen molar-refractivity contribution in [1.82, 2.24) is 0 Å². The highest BCUT2D eigenvalue weighted by molar-refractivity contribution is 7.98. The molecule has 0 aliphatic carbocycles. The number of aryl methyl sites for hydroxylation is 2. The summed E-state index contributed by atoms with van der Waals surface area (Å²) in [4.78, 5) is 0.0409. The van der Waals surface area contributed by atoms with Gasteiger partial charge in [0.25, 0.3) is 10.1 Å². The molecule has 0 fully saturated rings. The molecule has 1 aromatic carbocycles. The minimum atomic E-state index is -4.09. The molecule has 0 saturated carbocycles. The summed E-state index contributed by atoms with van der Waals surface area (Å²) in [6, 6.07) is 4.99. The maximum Gasteiger partial charge on any atom is 0.294 e. The molecule has 1 N–H and O–H groups in total. The van der Waals surface area contributed by atoms with Gasteiger partial charge in [0.05, 0.1) is 4.90 Å². The van der Waals surface area contributed by atoms with E-state index in [1.807, 2.05) is 19.2 Å². The van der Waals surface area contributed by atoms with Gasteiger partial charge in [-0.05, 0) is 43.4 Å². The van der Waals surface area contributed by atoms with E-state index in [4.69, 9.17) is 4.55 Å². The first-order chi connectivity index (χ1) is 7.45. The van der Waals surface area contributed by atoms with Crippen LogP contribution in [0.5, 0.6) is 0 Å². The predicted octanol–water partition coefficient (Wildman–Crippen LogP) is 2.54. The summed E-state index contributed by atoms with van der Waals surface area (Å²) in [7, 11) is -4.09. The molecule has 0 amide bonds. The van der Waals surface area contributed by atoms with E-state index in [0.29, 0.717) is 12.0 Å². The number of thioether (sulfide) groups is 1. The van der Waals surface area contributed by atoms with Gasteiger partial charge in [0.1, 0.15) is 0 Å². The van der Waals surface area contributed by atoms with Crippen molar-refractivity contribution in [2.75, 3.05) is 12.0 Å². The normalized spacial score (nSPS) is 11.7. The second-order valence-corrected chi connectivity index (χ2v) is 6.06. The van der Waals surface area contributed by atoms with Crippen molar-refractivity contribution >= 4 is 21.9 Å². The topological polar surface area (TPSA) is 54.4 Å². The molecule has 0 heterocycles. The molecule has 0 aliphatic heterocycles. The van der Waals surface area contributed by atoms with E-state index in [1.165, 1.54) is 6.07 Å². The van der Waals surface area contributed by atoms with Crippen molar-refractivity contribution in [3.8, 4) is 0 Å². The van der Waals surface area contributed by atoms with Crippen LogP contribution in [0.4, 0.5) is 0 Å². The molecule has 1 rings (SSSR count). The van der Waals surface area contributed by atoms with E-state index in [2.05, 4.69) is 0 Å². The Labute approximate surface area is 101 Å². The fraction of sp³-hybridized carbons (Fsp3) is 0.455.